The molecule has 0 radical (unpaired) electrons. The van der Waals surface area contributed by atoms with Crippen LogP contribution in [0.5, 0.6) is 5.75 Å². The molecule has 3 aromatic carbocycles. The van der Waals surface area contributed by atoms with Crippen LogP contribution in [0, 0.1) is 13.8 Å². The van der Waals surface area contributed by atoms with Gasteiger partial charge in [0.2, 0.25) is 0 Å². The predicted molar refractivity (Wildman–Crippen MR) is 135 cm³/mol. The van der Waals surface area contributed by atoms with E-state index in [1.165, 1.54) is 6.21 Å². The lowest BCUT2D eigenvalue weighted by atomic mass is 10.1. The number of hydrazone groups is 1. The second-order valence-corrected chi connectivity index (χ2v) is 7.87. The van der Waals surface area contributed by atoms with E-state index in [4.69, 9.17) is 4.74 Å². The molecule has 180 valence electrons. The van der Waals surface area contributed by atoms with Gasteiger partial charge in [-0.25, -0.2) is 5.43 Å². The van der Waals surface area contributed by atoms with Gasteiger partial charge in [0.25, 0.3) is 5.91 Å². The molecule has 8 nitrogen and oxygen atoms in total. The van der Waals surface area contributed by atoms with Gasteiger partial charge < -0.3 is 15.4 Å². The van der Waals surface area contributed by atoms with Crippen molar-refractivity contribution in [3.63, 3.8) is 0 Å². The molecule has 3 amide bonds. The minimum atomic E-state index is -0.857. The summed E-state index contributed by atoms with van der Waals surface area (Å²) in [5, 5.41) is 9.25. The lowest BCUT2D eigenvalue weighted by Crippen LogP contribution is -2.38. The highest BCUT2D eigenvalue weighted by atomic mass is 16.5. The van der Waals surface area contributed by atoms with Crippen LogP contribution in [0.1, 0.15) is 22.3 Å². The lowest BCUT2D eigenvalue weighted by molar-refractivity contribution is -0.139. The zero-order valence-corrected chi connectivity index (χ0v) is 19.7. The van der Waals surface area contributed by atoms with Crippen LogP contribution >= 0.6 is 0 Å². The molecule has 0 aliphatic rings. The molecule has 3 rings (SSSR count). The molecule has 0 unspecified atom stereocenters. The Hall–Kier alpha value is -4.46. The molecule has 3 aromatic rings. The molecular weight excluding hydrogens is 444 g/mol. The largest absolute Gasteiger partial charge is 0.484 e. The Bertz CT molecular complexity index is 1190. The number of anilines is 1. The Labute approximate surface area is 204 Å². The number of nitrogens with zero attached hydrogens (tertiary/aromatic N) is 1. The molecule has 35 heavy (non-hydrogen) atoms. The van der Waals surface area contributed by atoms with Crippen molar-refractivity contribution < 1.29 is 19.1 Å². The topological polar surface area (TPSA) is 109 Å². The van der Waals surface area contributed by atoms with Gasteiger partial charge in [0.05, 0.1) is 6.21 Å². The molecule has 0 spiro atoms. The van der Waals surface area contributed by atoms with E-state index in [0.29, 0.717) is 24.3 Å². The molecule has 8 heteroatoms. The molecule has 0 fully saturated rings. The number of nitrogens with one attached hydrogen (secondary N) is 3. The van der Waals surface area contributed by atoms with Crippen molar-refractivity contribution in [1.82, 2.24) is 10.7 Å². The first kappa shape index (κ1) is 25.2. The van der Waals surface area contributed by atoms with E-state index < -0.39 is 11.8 Å². The van der Waals surface area contributed by atoms with E-state index in [-0.39, 0.29) is 12.5 Å². The summed E-state index contributed by atoms with van der Waals surface area (Å²) in [4.78, 5) is 36.1. The van der Waals surface area contributed by atoms with Gasteiger partial charge in [-0.1, -0.05) is 60.7 Å². The quantitative estimate of drug-likeness (QED) is 0.253. The van der Waals surface area contributed by atoms with E-state index in [0.717, 1.165) is 22.4 Å². The fourth-order valence-electron chi connectivity index (χ4n) is 3.28. The van der Waals surface area contributed by atoms with Gasteiger partial charge in [0.15, 0.2) is 6.61 Å². The maximum absolute atomic E-state index is 12.3. The smallest absolute Gasteiger partial charge is 0.329 e. The molecule has 0 aliphatic heterocycles. The van der Waals surface area contributed by atoms with Crippen LogP contribution in [0.25, 0.3) is 0 Å². The third kappa shape index (κ3) is 8.12. The minimum Gasteiger partial charge on any atom is -0.484 e. The number of rotatable bonds is 9. The standard InChI is InChI=1S/C27H28N4O4/c1-19-8-6-9-20(2)25(19)30-24(32)18-35-23-13-7-12-22(16-23)17-29-31-27(34)26(33)28-15-14-21-10-4-3-5-11-21/h3-13,16-17H,14-15,18H2,1-2H3,(H,28,33)(H,30,32)(H,31,34)/b29-17-. The summed E-state index contributed by atoms with van der Waals surface area (Å²) in [6, 6.07) is 22.3. The first-order valence-electron chi connectivity index (χ1n) is 11.2. The van der Waals surface area contributed by atoms with Crippen molar-refractivity contribution in [2.75, 3.05) is 18.5 Å². The van der Waals surface area contributed by atoms with Crippen molar-refractivity contribution in [3.8, 4) is 5.75 Å². The Kier molecular flexibility index (Phi) is 9.13. The molecule has 0 atom stereocenters. The average molecular weight is 473 g/mol. The van der Waals surface area contributed by atoms with Crippen LogP contribution in [0.3, 0.4) is 0 Å². The van der Waals surface area contributed by atoms with Crippen molar-refractivity contribution in [2.24, 2.45) is 5.10 Å². The SMILES string of the molecule is Cc1cccc(C)c1NC(=O)COc1cccc(/C=N\NC(=O)C(=O)NCCc2ccccc2)c1. The first-order valence-corrected chi connectivity index (χ1v) is 11.2. The second-order valence-electron chi connectivity index (χ2n) is 7.87. The number of ether oxygens (including phenoxy) is 1. The van der Waals surface area contributed by atoms with E-state index in [1.807, 2.05) is 62.4 Å². The predicted octanol–water partition coefficient (Wildman–Crippen LogP) is 3.13. The van der Waals surface area contributed by atoms with Crippen molar-refractivity contribution >= 4 is 29.6 Å². The molecule has 0 bridgehead atoms. The molecule has 0 aliphatic carbocycles. The number of amides is 3. The molecule has 0 heterocycles. The summed E-state index contributed by atoms with van der Waals surface area (Å²) in [6.45, 7) is 4.05. The fraction of sp³-hybridized carbons (Fsp3) is 0.185. The number of hydrogen-bond donors (Lipinski definition) is 3. The van der Waals surface area contributed by atoms with Gasteiger partial charge >= 0.3 is 11.8 Å². The maximum Gasteiger partial charge on any atom is 0.329 e. The normalized spacial score (nSPS) is 10.6. The van der Waals surface area contributed by atoms with E-state index >= 15 is 0 Å². The summed E-state index contributed by atoms with van der Waals surface area (Å²) in [7, 11) is 0. The number of hydrogen-bond acceptors (Lipinski definition) is 5. The zero-order valence-electron chi connectivity index (χ0n) is 19.7. The van der Waals surface area contributed by atoms with Crippen molar-refractivity contribution in [3.05, 3.63) is 95.1 Å². The lowest BCUT2D eigenvalue weighted by Gasteiger charge is -2.12. The molecule has 0 aromatic heterocycles. The summed E-state index contributed by atoms with van der Waals surface area (Å²) in [5.74, 6) is -1.42. The van der Waals surface area contributed by atoms with Gasteiger partial charge in [0.1, 0.15) is 5.75 Å². The Morgan fingerprint density at radius 3 is 2.34 bits per heavy atom. The highest BCUT2D eigenvalue weighted by Gasteiger charge is 2.12. The molecular formula is C27H28N4O4. The van der Waals surface area contributed by atoms with Crippen molar-refractivity contribution in [1.29, 1.82) is 0 Å². The minimum absolute atomic E-state index is 0.158. The Morgan fingerprint density at radius 1 is 0.886 bits per heavy atom. The highest BCUT2D eigenvalue weighted by molar-refractivity contribution is 6.35. The van der Waals surface area contributed by atoms with Crippen LogP contribution in [0.15, 0.2) is 77.9 Å². The van der Waals surface area contributed by atoms with Crippen LogP contribution in [-0.2, 0) is 20.8 Å². The monoisotopic (exact) mass is 472 g/mol. The highest BCUT2D eigenvalue weighted by Crippen LogP contribution is 2.19. The van der Waals surface area contributed by atoms with Gasteiger partial charge in [0, 0.05) is 12.2 Å². The van der Waals surface area contributed by atoms with Gasteiger partial charge in [-0.15, -0.1) is 0 Å². The molecule has 0 saturated heterocycles. The molecule has 3 N–H and O–H groups in total. The number of carbonyl (C=O) groups excluding carboxylic acids is 3. The van der Waals surface area contributed by atoms with Crippen LogP contribution < -0.4 is 20.8 Å². The maximum atomic E-state index is 12.3. The summed E-state index contributed by atoms with van der Waals surface area (Å²) in [5.41, 5.74) is 6.62. The third-order valence-corrected chi connectivity index (χ3v) is 5.10. The summed E-state index contributed by atoms with van der Waals surface area (Å²) >= 11 is 0. The second kappa shape index (κ2) is 12.7. The van der Waals surface area contributed by atoms with Crippen LogP contribution in [-0.4, -0.2) is 37.1 Å². The van der Waals surface area contributed by atoms with Gasteiger partial charge in [-0.3, -0.25) is 14.4 Å². The number of carbonyl (C=O) groups is 3. The van der Waals surface area contributed by atoms with E-state index in [1.54, 1.807) is 24.3 Å². The zero-order chi connectivity index (χ0) is 25.0. The molecule has 0 saturated carbocycles. The Balaban J connectivity index is 1.43. The van der Waals surface area contributed by atoms with Gasteiger partial charge in [-0.2, -0.15) is 5.10 Å². The first-order chi connectivity index (χ1) is 16.9. The number of para-hydroxylation sites is 1. The average Bonchev–Trinajstić information content (AvgIpc) is 2.86. The van der Waals surface area contributed by atoms with Crippen LogP contribution in [0.2, 0.25) is 0 Å². The third-order valence-electron chi connectivity index (χ3n) is 5.10. The summed E-state index contributed by atoms with van der Waals surface area (Å²) < 4.78 is 5.58. The number of benzene rings is 3. The van der Waals surface area contributed by atoms with E-state index in [9.17, 15) is 14.4 Å². The van der Waals surface area contributed by atoms with E-state index in [2.05, 4.69) is 21.2 Å². The van der Waals surface area contributed by atoms with Gasteiger partial charge in [-0.05, 0) is 54.7 Å². The summed E-state index contributed by atoms with van der Waals surface area (Å²) in [6.07, 6.45) is 2.01. The Morgan fingerprint density at radius 2 is 1.60 bits per heavy atom. The number of aryl methyl sites for hydroxylation is 2. The van der Waals surface area contributed by atoms with Crippen LogP contribution in [0.4, 0.5) is 5.69 Å². The van der Waals surface area contributed by atoms with Crippen molar-refractivity contribution in [2.45, 2.75) is 20.3 Å². The fourth-order valence-corrected chi connectivity index (χ4v) is 3.28.